The number of aromatic nitrogens is 3. The van der Waals surface area contributed by atoms with Crippen LogP contribution < -0.4 is 10.2 Å². The van der Waals surface area contributed by atoms with Gasteiger partial charge in [0, 0.05) is 39.4 Å². The number of carbonyl (C=O) groups excluding carboxylic acids is 3. The summed E-state index contributed by atoms with van der Waals surface area (Å²) in [6, 6.07) is 7.15. The monoisotopic (exact) mass is 428 g/mol. The molecule has 0 bridgehead atoms. The fourth-order valence-electron chi connectivity index (χ4n) is 4.26. The lowest BCUT2D eigenvalue weighted by molar-refractivity contribution is -0.121. The van der Waals surface area contributed by atoms with Crippen molar-refractivity contribution in [3.63, 3.8) is 0 Å². The standard InChI is InChI=1S/C20H24N6O3S/c1-20-10-7-17(28)26(20)14-6-4-3-5-13(14)18(29)25(20)12-9-16(27)21-11-8-15-22-23-19(30)24(15)2/h3-6H,7-12H2,1-2H3,(H,21,27)(H,23,30). The summed E-state index contributed by atoms with van der Waals surface area (Å²) < 4.78 is 2.29. The molecule has 0 radical (unpaired) electrons. The Balaban J connectivity index is 1.42. The van der Waals surface area contributed by atoms with Crippen LogP contribution in [0.1, 0.15) is 42.4 Å². The number of rotatable bonds is 6. The van der Waals surface area contributed by atoms with Crippen molar-refractivity contribution < 1.29 is 14.4 Å². The smallest absolute Gasteiger partial charge is 0.257 e. The van der Waals surface area contributed by atoms with Crippen LogP contribution in [0.3, 0.4) is 0 Å². The molecule has 1 aromatic heterocycles. The Morgan fingerprint density at radius 3 is 2.83 bits per heavy atom. The molecule has 3 amide bonds. The summed E-state index contributed by atoms with van der Waals surface area (Å²) in [6.45, 7) is 2.56. The predicted octanol–water partition coefficient (Wildman–Crippen LogP) is 1.53. The summed E-state index contributed by atoms with van der Waals surface area (Å²) in [4.78, 5) is 41.5. The van der Waals surface area contributed by atoms with E-state index in [9.17, 15) is 14.4 Å². The van der Waals surface area contributed by atoms with E-state index in [1.54, 1.807) is 26.5 Å². The van der Waals surface area contributed by atoms with Crippen LogP contribution in [0, 0.1) is 4.77 Å². The van der Waals surface area contributed by atoms with Gasteiger partial charge in [-0.3, -0.25) is 24.4 Å². The van der Waals surface area contributed by atoms with Gasteiger partial charge in [-0.15, -0.1) is 0 Å². The third-order valence-corrected chi connectivity index (χ3v) is 6.32. The molecule has 2 aliphatic rings. The maximum Gasteiger partial charge on any atom is 0.257 e. The van der Waals surface area contributed by atoms with Gasteiger partial charge in [0.25, 0.3) is 5.91 Å². The van der Waals surface area contributed by atoms with Gasteiger partial charge in [-0.2, -0.15) is 5.10 Å². The van der Waals surface area contributed by atoms with Crippen molar-refractivity contribution in [3.8, 4) is 0 Å². The summed E-state index contributed by atoms with van der Waals surface area (Å²) in [5.41, 5.74) is 0.406. The molecule has 3 heterocycles. The van der Waals surface area contributed by atoms with Gasteiger partial charge in [0.15, 0.2) is 4.77 Å². The highest BCUT2D eigenvalue weighted by Gasteiger charge is 2.52. The molecule has 4 rings (SSSR count). The van der Waals surface area contributed by atoms with Crippen molar-refractivity contribution in [2.75, 3.05) is 18.0 Å². The number of benzene rings is 1. The molecule has 30 heavy (non-hydrogen) atoms. The second kappa shape index (κ2) is 7.67. The Bertz CT molecular complexity index is 1080. The zero-order valence-corrected chi connectivity index (χ0v) is 17.8. The molecular weight excluding hydrogens is 404 g/mol. The van der Waals surface area contributed by atoms with Gasteiger partial charge >= 0.3 is 0 Å². The van der Waals surface area contributed by atoms with Crippen LogP contribution in [0.25, 0.3) is 0 Å². The average molecular weight is 429 g/mol. The van der Waals surface area contributed by atoms with Crippen molar-refractivity contribution in [2.24, 2.45) is 7.05 Å². The lowest BCUT2D eigenvalue weighted by Gasteiger charge is -2.48. The number of hydrogen-bond donors (Lipinski definition) is 2. The summed E-state index contributed by atoms with van der Waals surface area (Å²) in [5.74, 6) is 0.460. The second-order valence-electron chi connectivity index (χ2n) is 7.77. The van der Waals surface area contributed by atoms with E-state index in [1.807, 2.05) is 26.1 Å². The number of amides is 3. The van der Waals surface area contributed by atoms with Crippen LogP contribution in [0.4, 0.5) is 5.69 Å². The van der Waals surface area contributed by atoms with E-state index in [1.165, 1.54) is 0 Å². The first-order valence-electron chi connectivity index (χ1n) is 9.94. The number of aromatic amines is 1. The summed E-state index contributed by atoms with van der Waals surface area (Å²) in [5, 5.41) is 9.70. The molecule has 0 spiro atoms. The van der Waals surface area contributed by atoms with Gasteiger partial charge in [0.2, 0.25) is 11.8 Å². The highest BCUT2D eigenvalue weighted by Crippen LogP contribution is 2.43. The SMILES string of the molecule is Cn1c(CCNC(=O)CCN2C(=O)c3ccccc3N3C(=O)CCC23C)n[nH]c1=S. The zero-order chi connectivity index (χ0) is 21.5. The first-order chi connectivity index (χ1) is 14.3. The van der Waals surface area contributed by atoms with Crippen LogP contribution in [0.15, 0.2) is 24.3 Å². The minimum absolute atomic E-state index is 0.000108. The number of hydrogen-bond acceptors (Lipinski definition) is 5. The molecule has 9 nitrogen and oxygen atoms in total. The van der Waals surface area contributed by atoms with E-state index >= 15 is 0 Å². The first kappa shape index (κ1) is 20.3. The molecule has 0 aliphatic carbocycles. The largest absolute Gasteiger partial charge is 0.356 e. The van der Waals surface area contributed by atoms with Crippen molar-refractivity contribution in [1.82, 2.24) is 25.0 Å². The number of nitrogens with one attached hydrogen (secondary N) is 2. The number of carbonyl (C=O) groups is 3. The number of para-hydroxylation sites is 1. The molecule has 2 aromatic rings. The molecule has 158 valence electrons. The summed E-state index contributed by atoms with van der Waals surface area (Å²) in [6.07, 6.45) is 1.63. The van der Waals surface area contributed by atoms with Crippen LogP contribution in [-0.4, -0.2) is 56.1 Å². The number of fused-ring (bicyclic) bond motifs is 3. The predicted molar refractivity (Wildman–Crippen MR) is 112 cm³/mol. The van der Waals surface area contributed by atoms with E-state index < -0.39 is 5.66 Å². The Kier molecular flexibility index (Phi) is 5.19. The van der Waals surface area contributed by atoms with Crippen LogP contribution >= 0.6 is 12.2 Å². The Labute approximate surface area is 179 Å². The molecule has 1 atom stereocenters. The molecule has 1 fully saturated rings. The van der Waals surface area contributed by atoms with E-state index in [2.05, 4.69) is 15.5 Å². The maximum absolute atomic E-state index is 13.2. The Morgan fingerprint density at radius 2 is 2.10 bits per heavy atom. The second-order valence-corrected chi connectivity index (χ2v) is 8.16. The summed E-state index contributed by atoms with van der Waals surface area (Å²) in [7, 11) is 1.82. The lowest BCUT2D eigenvalue weighted by Crippen LogP contribution is -2.62. The molecule has 1 saturated heterocycles. The van der Waals surface area contributed by atoms with Crippen molar-refractivity contribution in [1.29, 1.82) is 0 Å². The number of anilines is 1. The highest BCUT2D eigenvalue weighted by molar-refractivity contribution is 7.71. The van der Waals surface area contributed by atoms with Crippen LogP contribution in [0.5, 0.6) is 0 Å². The van der Waals surface area contributed by atoms with E-state index in [-0.39, 0.29) is 30.7 Å². The van der Waals surface area contributed by atoms with Crippen molar-refractivity contribution in [2.45, 2.75) is 38.3 Å². The van der Waals surface area contributed by atoms with Gasteiger partial charge in [-0.05, 0) is 37.7 Å². The fourth-order valence-corrected chi connectivity index (χ4v) is 4.41. The van der Waals surface area contributed by atoms with E-state index in [4.69, 9.17) is 12.2 Å². The van der Waals surface area contributed by atoms with E-state index in [0.717, 1.165) is 5.82 Å². The maximum atomic E-state index is 13.2. The molecule has 2 aliphatic heterocycles. The quantitative estimate of drug-likeness (QED) is 0.679. The minimum atomic E-state index is -0.745. The van der Waals surface area contributed by atoms with Crippen LogP contribution in [0.2, 0.25) is 0 Å². The lowest BCUT2D eigenvalue weighted by atomic mass is 9.98. The third-order valence-electron chi connectivity index (χ3n) is 5.95. The molecular formula is C20H24N6O3S. The summed E-state index contributed by atoms with van der Waals surface area (Å²) >= 11 is 5.08. The van der Waals surface area contributed by atoms with Crippen LogP contribution in [-0.2, 0) is 23.1 Å². The van der Waals surface area contributed by atoms with Gasteiger partial charge < -0.3 is 14.8 Å². The average Bonchev–Trinajstić information content (AvgIpc) is 3.21. The molecule has 0 saturated carbocycles. The van der Waals surface area contributed by atoms with Crippen molar-refractivity contribution in [3.05, 3.63) is 40.4 Å². The Hall–Kier alpha value is -3.01. The Morgan fingerprint density at radius 1 is 1.33 bits per heavy atom. The number of nitrogens with zero attached hydrogens (tertiary/aromatic N) is 4. The zero-order valence-electron chi connectivity index (χ0n) is 17.0. The van der Waals surface area contributed by atoms with Gasteiger partial charge in [0.05, 0.1) is 11.3 Å². The first-order valence-corrected chi connectivity index (χ1v) is 10.3. The number of H-pyrrole nitrogens is 1. The fraction of sp³-hybridized carbons (Fsp3) is 0.450. The molecule has 1 unspecified atom stereocenters. The third kappa shape index (κ3) is 3.30. The molecule has 10 heteroatoms. The van der Waals surface area contributed by atoms with Gasteiger partial charge in [-0.1, -0.05) is 12.1 Å². The minimum Gasteiger partial charge on any atom is -0.356 e. The van der Waals surface area contributed by atoms with Gasteiger partial charge in [-0.25, -0.2) is 0 Å². The normalized spacial score (nSPS) is 20.3. The highest BCUT2D eigenvalue weighted by atomic mass is 32.1. The molecule has 1 aromatic carbocycles. The van der Waals surface area contributed by atoms with Gasteiger partial charge in [0.1, 0.15) is 11.5 Å². The van der Waals surface area contributed by atoms with Crippen molar-refractivity contribution >= 4 is 35.6 Å². The topological polar surface area (TPSA) is 103 Å². The van der Waals surface area contributed by atoms with E-state index in [0.29, 0.717) is 41.8 Å². The molecule has 2 N–H and O–H groups in total.